The standard InChI is InChI=1S/C34H36FN3O6/c1-33(2,3)43-30(39)17-22-9-7-8-10-29(22)38-31(40)26-14-24(13-25(15-26)27-19-37-42-20-27)23-11-21(12-28(35)16-23)18-36-32(41)44-34(4,5)6/h7-16,19-20H,17-18H2,1-6H3,(H,36,41)(H,38,40). The molecule has 44 heavy (non-hydrogen) atoms. The average Bonchev–Trinajstić information content (AvgIpc) is 3.46. The summed E-state index contributed by atoms with van der Waals surface area (Å²) in [5, 5.41) is 9.31. The van der Waals surface area contributed by atoms with Crippen LogP contribution in [0.1, 0.15) is 63.0 Å². The van der Waals surface area contributed by atoms with Gasteiger partial charge in [-0.05, 0) is 112 Å². The molecule has 0 bridgehead atoms. The van der Waals surface area contributed by atoms with E-state index in [1.807, 2.05) is 0 Å². The molecule has 2 amide bonds. The van der Waals surface area contributed by atoms with Crippen LogP contribution < -0.4 is 10.6 Å². The molecule has 0 aliphatic carbocycles. The van der Waals surface area contributed by atoms with Gasteiger partial charge in [-0.1, -0.05) is 23.4 Å². The summed E-state index contributed by atoms with van der Waals surface area (Å²) in [7, 11) is 0. The molecule has 1 aromatic heterocycles. The maximum absolute atomic E-state index is 14.8. The lowest BCUT2D eigenvalue weighted by Crippen LogP contribution is -2.32. The summed E-state index contributed by atoms with van der Waals surface area (Å²) in [6.07, 6.45) is 2.31. The molecule has 0 atom stereocenters. The van der Waals surface area contributed by atoms with Crippen LogP contribution in [-0.2, 0) is 27.2 Å². The molecule has 0 radical (unpaired) electrons. The summed E-state index contributed by atoms with van der Waals surface area (Å²) in [5.41, 5.74) is 2.80. The maximum Gasteiger partial charge on any atom is 0.407 e. The number of alkyl carbamates (subject to hydrolysis) is 1. The second-order valence-corrected chi connectivity index (χ2v) is 12.3. The van der Waals surface area contributed by atoms with Crippen molar-refractivity contribution in [1.29, 1.82) is 0 Å². The number of amides is 2. The Kier molecular flexibility index (Phi) is 9.52. The van der Waals surface area contributed by atoms with Crippen molar-refractivity contribution in [2.24, 2.45) is 0 Å². The molecule has 9 nitrogen and oxygen atoms in total. The van der Waals surface area contributed by atoms with Crippen LogP contribution in [0.3, 0.4) is 0 Å². The van der Waals surface area contributed by atoms with E-state index in [1.54, 1.807) is 90.1 Å². The van der Waals surface area contributed by atoms with Crippen molar-refractivity contribution < 1.29 is 32.8 Å². The van der Waals surface area contributed by atoms with Crippen LogP contribution in [0.5, 0.6) is 0 Å². The molecule has 230 valence electrons. The van der Waals surface area contributed by atoms with Crippen molar-refractivity contribution in [2.45, 2.75) is 65.7 Å². The quantitative estimate of drug-likeness (QED) is 0.203. The summed E-state index contributed by atoms with van der Waals surface area (Å²) >= 11 is 0. The van der Waals surface area contributed by atoms with Crippen LogP contribution in [0.15, 0.2) is 77.6 Å². The summed E-state index contributed by atoms with van der Waals surface area (Å²) in [4.78, 5) is 38.3. The van der Waals surface area contributed by atoms with Crippen molar-refractivity contribution in [1.82, 2.24) is 10.5 Å². The summed E-state index contributed by atoms with van der Waals surface area (Å²) in [6, 6.07) is 16.5. The Morgan fingerprint density at radius 1 is 0.841 bits per heavy atom. The first-order chi connectivity index (χ1) is 20.6. The van der Waals surface area contributed by atoms with E-state index in [0.29, 0.717) is 39.1 Å². The zero-order chi connectivity index (χ0) is 32.1. The molecule has 0 unspecified atom stereocenters. The molecule has 0 saturated carbocycles. The predicted molar refractivity (Wildman–Crippen MR) is 164 cm³/mol. The average molecular weight is 602 g/mol. The number of aromatic nitrogens is 1. The van der Waals surface area contributed by atoms with Crippen molar-refractivity contribution in [2.75, 3.05) is 5.32 Å². The predicted octanol–water partition coefficient (Wildman–Crippen LogP) is 7.31. The molecule has 1 heterocycles. The van der Waals surface area contributed by atoms with E-state index in [2.05, 4.69) is 15.8 Å². The van der Waals surface area contributed by atoms with Gasteiger partial charge in [0.25, 0.3) is 5.91 Å². The zero-order valence-electron chi connectivity index (χ0n) is 25.6. The monoisotopic (exact) mass is 601 g/mol. The highest BCUT2D eigenvalue weighted by Gasteiger charge is 2.20. The third-order valence-corrected chi connectivity index (χ3v) is 6.11. The van der Waals surface area contributed by atoms with Gasteiger partial charge in [0.2, 0.25) is 0 Å². The van der Waals surface area contributed by atoms with E-state index in [4.69, 9.17) is 14.0 Å². The molecule has 2 N–H and O–H groups in total. The minimum atomic E-state index is -0.674. The first-order valence-electron chi connectivity index (χ1n) is 14.1. The van der Waals surface area contributed by atoms with Crippen LogP contribution in [0, 0.1) is 5.82 Å². The van der Waals surface area contributed by atoms with Crippen LogP contribution in [-0.4, -0.2) is 34.3 Å². The van der Waals surface area contributed by atoms with Crippen LogP contribution >= 0.6 is 0 Å². The van der Waals surface area contributed by atoms with E-state index in [1.165, 1.54) is 24.6 Å². The fraction of sp³-hybridized carbons (Fsp3) is 0.294. The van der Waals surface area contributed by atoms with Crippen LogP contribution in [0.4, 0.5) is 14.9 Å². The van der Waals surface area contributed by atoms with Gasteiger partial charge < -0.3 is 24.6 Å². The van der Waals surface area contributed by atoms with Gasteiger partial charge in [-0.15, -0.1) is 0 Å². The minimum Gasteiger partial charge on any atom is -0.460 e. The summed E-state index contributed by atoms with van der Waals surface area (Å²) < 4.78 is 30.5. The number of ether oxygens (including phenoxy) is 2. The molecular weight excluding hydrogens is 565 g/mol. The summed E-state index contributed by atoms with van der Waals surface area (Å²) in [5.74, 6) is -1.37. The fourth-order valence-corrected chi connectivity index (χ4v) is 4.37. The Bertz CT molecular complexity index is 1650. The number of para-hydroxylation sites is 1. The first-order valence-corrected chi connectivity index (χ1v) is 14.1. The number of carbonyl (C=O) groups is 3. The zero-order valence-corrected chi connectivity index (χ0v) is 25.6. The van der Waals surface area contributed by atoms with Crippen molar-refractivity contribution in [3.8, 4) is 22.3 Å². The third-order valence-electron chi connectivity index (χ3n) is 6.11. The van der Waals surface area contributed by atoms with Gasteiger partial charge in [-0.25, -0.2) is 9.18 Å². The molecule has 0 fully saturated rings. The molecule has 3 aromatic carbocycles. The van der Waals surface area contributed by atoms with Crippen molar-refractivity contribution in [3.05, 3.63) is 95.6 Å². The van der Waals surface area contributed by atoms with Crippen LogP contribution in [0.25, 0.3) is 22.3 Å². The molecule has 4 aromatic rings. The van der Waals surface area contributed by atoms with Crippen molar-refractivity contribution in [3.63, 3.8) is 0 Å². The van der Waals surface area contributed by atoms with Gasteiger partial charge in [-0.3, -0.25) is 9.59 Å². The van der Waals surface area contributed by atoms with E-state index in [9.17, 15) is 18.8 Å². The molecule has 0 spiro atoms. The number of nitrogens with one attached hydrogen (secondary N) is 2. The molecule has 0 saturated heterocycles. The third kappa shape index (κ3) is 9.26. The SMILES string of the molecule is CC(C)(C)OC(=O)Cc1ccccc1NC(=O)c1cc(-c2cnoc2)cc(-c2cc(F)cc(CNC(=O)OC(C)(C)C)c2)c1. The van der Waals surface area contributed by atoms with Gasteiger partial charge in [0, 0.05) is 23.4 Å². The smallest absolute Gasteiger partial charge is 0.407 e. The Hall–Kier alpha value is -4.99. The highest BCUT2D eigenvalue weighted by molar-refractivity contribution is 6.06. The minimum absolute atomic E-state index is 0.0247. The number of benzene rings is 3. The molecule has 0 aliphatic heterocycles. The lowest BCUT2D eigenvalue weighted by atomic mass is 9.96. The van der Waals surface area contributed by atoms with Gasteiger partial charge in [-0.2, -0.15) is 0 Å². The lowest BCUT2D eigenvalue weighted by Gasteiger charge is -2.20. The number of rotatable bonds is 8. The lowest BCUT2D eigenvalue weighted by molar-refractivity contribution is -0.153. The van der Waals surface area contributed by atoms with E-state index >= 15 is 0 Å². The highest BCUT2D eigenvalue weighted by atomic mass is 19.1. The Morgan fingerprint density at radius 2 is 1.50 bits per heavy atom. The Balaban J connectivity index is 1.64. The molecule has 10 heteroatoms. The van der Waals surface area contributed by atoms with E-state index in [-0.39, 0.29) is 18.5 Å². The number of halogens is 1. The fourth-order valence-electron chi connectivity index (χ4n) is 4.37. The Morgan fingerprint density at radius 3 is 2.16 bits per heavy atom. The molecule has 0 aliphatic rings. The van der Waals surface area contributed by atoms with Gasteiger partial charge in [0.1, 0.15) is 23.3 Å². The van der Waals surface area contributed by atoms with Gasteiger partial charge in [0.05, 0.1) is 12.6 Å². The second-order valence-electron chi connectivity index (χ2n) is 12.3. The van der Waals surface area contributed by atoms with E-state index < -0.39 is 35.0 Å². The number of hydrogen-bond acceptors (Lipinski definition) is 7. The molecular formula is C34H36FN3O6. The Labute approximate surface area is 255 Å². The topological polar surface area (TPSA) is 120 Å². The van der Waals surface area contributed by atoms with Gasteiger partial charge in [0.15, 0.2) is 0 Å². The number of carbonyl (C=O) groups excluding carboxylic acids is 3. The van der Waals surface area contributed by atoms with E-state index in [0.717, 1.165) is 0 Å². The number of hydrogen-bond donors (Lipinski definition) is 2. The number of anilines is 1. The van der Waals surface area contributed by atoms with Crippen LogP contribution in [0.2, 0.25) is 0 Å². The second kappa shape index (κ2) is 13.1. The summed E-state index contributed by atoms with van der Waals surface area (Å²) in [6.45, 7) is 10.7. The van der Waals surface area contributed by atoms with Crippen molar-refractivity contribution >= 4 is 23.7 Å². The largest absolute Gasteiger partial charge is 0.460 e. The normalized spacial score (nSPS) is 11.5. The first kappa shape index (κ1) is 31.9. The molecule has 4 rings (SSSR count). The number of esters is 1. The maximum atomic E-state index is 14.8. The number of nitrogens with zero attached hydrogens (tertiary/aromatic N) is 1. The van der Waals surface area contributed by atoms with Gasteiger partial charge >= 0.3 is 12.1 Å². The highest BCUT2D eigenvalue weighted by Crippen LogP contribution is 2.30.